The highest BCUT2D eigenvalue weighted by Crippen LogP contribution is 2.27. The molecule has 24 heavy (non-hydrogen) atoms. The lowest BCUT2D eigenvalue weighted by Gasteiger charge is -2.17. The van der Waals surface area contributed by atoms with E-state index in [1.807, 2.05) is 24.3 Å². The van der Waals surface area contributed by atoms with E-state index < -0.39 is 0 Å². The number of halogens is 1. The van der Waals surface area contributed by atoms with Crippen LogP contribution in [0.5, 0.6) is 0 Å². The minimum atomic E-state index is -0.253. The standard InChI is InChI=1S/C19H23BrN2O2/c20-16-7-4-8-17(12-16)22-13-15(11-18(22)23)19(24)21-10-9-14-5-2-1-3-6-14/h4-5,7-8,12,15H,1-3,6,9-11,13H2,(H,21,24). The first-order chi connectivity index (χ1) is 11.6. The number of carbonyl (C=O) groups is 2. The Labute approximate surface area is 151 Å². The minimum Gasteiger partial charge on any atom is -0.355 e. The Balaban J connectivity index is 1.51. The van der Waals surface area contributed by atoms with E-state index in [1.54, 1.807) is 4.90 Å². The SMILES string of the molecule is O=C(NCCC1=CCCCC1)C1CC(=O)N(c2cccc(Br)c2)C1. The van der Waals surface area contributed by atoms with Crippen LogP contribution in [-0.2, 0) is 9.59 Å². The summed E-state index contributed by atoms with van der Waals surface area (Å²) in [6.45, 7) is 1.13. The minimum absolute atomic E-state index is 0.00254. The smallest absolute Gasteiger partial charge is 0.227 e. The largest absolute Gasteiger partial charge is 0.355 e. The zero-order chi connectivity index (χ0) is 16.9. The number of benzene rings is 1. The lowest BCUT2D eigenvalue weighted by atomic mass is 9.97. The van der Waals surface area contributed by atoms with Crippen molar-refractivity contribution in [1.29, 1.82) is 0 Å². The predicted octanol–water partition coefficient (Wildman–Crippen LogP) is 3.81. The molecule has 2 amide bonds. The average molecular weight is 391 g/mol. The maximum Gasteiger partial charge on any atom is 0.227 e. The second-order valence-corrected chi connectivity index (χ2v) is 7.45. The molecular formula is C19H23BrN2O2. The Bertz CT molecular complexity index is 657. The summed E-state index contributed by atoms with van der Waals surface area (Å²) in [7, 11) is 0. The van der Waals surface area contributed by atoms with Crippen LogP contribution in [-0.4, -0.2) is 24.9 Å². The van der Waals surface area contributed by atoms with E-state index in [0.29, 0.717) is 19.5 Å². The van der Waals surface area contributed by atoms with Gasteiger partial charge in [0.1, 0.15) is 0 Å². The van der Waals surface area contributed by atoms with Gasteiger partial charge in [-0.05, 0) is 50.3 Å². The first kappa shape index (κ1) is 17.2. The molecular weight excluding hydrogens is 368 g/mol. The number of hydrogen-bond donors (Lipinski definition) is 1. The molecule has 3 rings (SSSR count). The molecule has 0 spiro atoms. The van der Waals surface area contributed by atoms with Gasteiger partial charge in [-0.1, -0.05) is 33.6 Å². The Hall–Kier alpha value is -1.62. The topological polar surface area (TPSA) is 49.4 Å². The fourth-order valence-corrected chi connectivity index (χ4v) is 3.79. The number of rotatable bonds is 5. The van der Waals surface area contributed by atoms with Crippen molar-refractivity contribution in [3.05, 3.63) is 40.4 Å². The van der Waals surface area contributed by atoms with Crippen molar-refractivity contribution in [2.75, 3.05) is 18.0 Å². The van der Waals surface area contributed by atoms with Gasteiger partial charge in [0, 0.05) is 29.7 Å². The highest BCUT2D eigenvalue weighted by Gasteiger charge is 2.34. The predicted molar refractivity (Wildman–Crippen MR) is 98.8 cm³/mol. The summed E-state index contributed by atoms with van der Waals surface area (Å²) >= 11 is 3.42. The number of anilines is 1. The van der Waals surface area contributed by atoms with Gasteiger partial charge in [-0.25, -0.2) is 0 Å². The molecule has 0 bridgehead atoms. The van der Waals surface area contributed by atoms with Gasteiger partial charge >= 0.3 is 0 Å². The lowest BCUT2D eigenvalue weighted by molar-refractivity contribution is -0.126. The fourth-order valence-electron chi connectivity index (χ4n) is 3.40. The Morgan fingerprint density at radius 2 is 2.21 bits per heavy atom. The first-order valence-corrected chi connectivity index (χ1v) is 9.44. The van der Waals surface area contributed by atoms with Crippen molar-refractivity contribution >= 4 is 33.4 Å². The van der Waals surface area contributed by atoms with Crippen LogP contribution in [0.25, 0.3) is 0 Å². The van der Waals surface area contributed by atoms with Gasteiger partial charge in [-0.3, -0.25) is 9.59 Å². The second kappa shape index (κ2) is 7.97. The van der Waals surface area contributed by atoms with Crippen LogP contribution in [0.15, 0.2) is 40.4 Å². The summed E-state index contributed by atoms with van der Waals surface area (Å²) in [5, 5.41) is 3.01. The highest BCUT2D eigenvalue weighted by atomic mass is 79.9. The Morgan fingerprint density at radius 3 is 2.96 bits per heavy atom. The number of nitrogens with zero attached hydrogens (tertiary/aromatic N) is 1. The van der Waals surface area contributed by atoms with Crippen molar-refractivity contribution < 1.29 is 9.59 Å². The molecule has 1 aromatic rings. The molecule has 0 saturated carbocycles. The van der Waals surface area contributed by atoms with Crippen LogP contribution in [0.1, 0.15) is 38.5 Å². The number of allylic oxidation sites excluding steroid dienone is 1. The molecule has 1 aliphatic heterocycles. The Kier molecular flexibility index (Phi) is 5.72. The van der Waals surface area contributed by atoms with Crippen LogP contribution in [0.3, 0.4) is 0 Å². The average Bonchev–Trinajstić information content (AvgIpc) is 2.98. The first-order valence-electron chi connectivity index (χ1n) is 8.65. The van der Waals surface area contributed by atoms with Gasteiger partial charge in [0.15, 0.2) is 0 Å². The quantitative estimate of drug-likeness (QED) is 0.777. The number of hydrogen-bond acceptors (Lipinski definition) is 2. The third-order valence-corrected chi connectivity index (χ3v) is 5.24. The monoisotopic (exact) mass is 390 g/mol. The molecule has 1 saturated heterocycles. The van der Waals surface area contributed by atoms with Crippen LogP contribution in [0, 0.1) is 5.92 Å². The summed E-state index contributed by atoms with van der Waals surface area (Å²) < 4.78 is 0.932. The molecule has 1 atom stereocenters. The van der Waals surface area contributed by atoms with Gasteiger partial charge in [0.2, 0.25) is 11.8 Å². The van der Waals surface area contributed by atoms with Gasteiger partial charge in [-0.15, -0.1) is 0 Å². The van der Waals surface area contributed by atoms with Gasteiger partial charge in [0.25, 0.3) is 0 Å². The maximum absolute atomic E-state index is 12.4. The maximum atomic E-state index is 12.4. The third kappa shape index (κ3) is 4.26. The van der Waals surface area contributed by atoms with Crippen LogP contribution >= 0.6 is 15.9 Å². The van der Waals surface area contributed by atoms with Crippen molar-refractivity contribution in [1.82, 2.24) is 5.32 Å². The normalized spacial score (nSPS) is 20.9. The van der Waals surface area contributed by atoms with Crippen LogP contribution in [0.4, 0.5) is 5.69 Å². The lowest BCUT2D eigenvalue weighted by Crippen LogP contribution is -2.33. The molecule has 1 fully saturated rings. The van der Waals surface area contributed by atoms with Crippen molar-refractivity contribution in [2.24, 2.45) is 5.92 Å². The van der Waals surface area contributed by atoms with Crippen LogP contribution in [0.2, 0.25) is 0 Å². The molecule has 2 aliphatic rings. The summed E-state index contributed by atoms with van der Waals surface area (Å²) in [4.78, 5) is 26.3. The second-order valence-electron chi connectivity index (χ2n) is 6.53. The van der Waals surface area contributed by atoms with Gasteiger partial charge in [-0.2, -0.15) is 0 Å². The molecule has 4 nitrogen and oxygen atoms in total. The molecule has 5 heteroatoms. The fraction of sp³-hybridized carbons (Fsp3) is 0.474. The summed E-state index contributed by atoms with van der Waals surface area (Å²) in [6, 6.07) is 7.64. The summed E-state index contributed by atoms with van der Waals surface area (Å²) in [5.74, 6) is -0.239. The van der Waals surface area contributed by atoms with Crippen molar-refractivity contribution in [2.45, 2.75) is 38.5 Å². The Morgan fingerprint density at radius 1 is 1.33 bits per heavy atom. The highest BCUT2D eigenvalue weighted by molar-refractivity contribution is 9.10. The zero-order valence-electron chi connectivity index (χ0n) is 13.8. The molecule has 1 aliphatic carbocycles. The van der Waals surface area contributed by atoms with Gasteiger partial charge < -0.3 is 10.2 Å². The number of carbonyl (C=O) groups excluding carboxylic acids is 2. The molecule has 0 aromatic heterocycles. The van der Waals surface area contributed by atoms with Gasteiger partial charge in [0.05, 0.1) is 5.92 Å². The summed E-state index contributed by atoms with van der Waals surface area (Å²) in [5.41, 5.74) is 2.30. The zero-order valence-corrected chi connectivity index (χ0v) is 15.3. The van der Waals surface area contributed by atoms with E-state index in [4.69, 9.17) is 0 Å². The number of amides is 2. The van der Waals surface area contributed by atoms with E-state index in [0.717, 1.165) is 23.0 Å². The molecule has 128 valence electrons. The van der Waals surface area contributed by atoms with E-state index in [-0.39, 0.29) is 17.7 Å². The van der Waals surface area contributed by atoms with E-state index >= 15 is 0 Å². The molecule has 1 unspecified atom stereocenters. The summed E-state index contributed by atoms with van der Waals surface area (Å²) in [6.07, 6.45) is 8.41. The van der Waals surface area contributed by atoms with E-state index in [9.17, 15) is 9.59 Å². The van der Waals surface area contributed by atoms with Crippen molar-refractivity contribution in [3.63, 3.8) is 0 Å². The molecule has 1 N–H and O–H groups in total. The molecule has 1 heterocycles. The van der Waals surface area contributed by atoms with E-state index in [1.165, 1.54) is 24.8 Å². The van der Waals surface area contributed by atoms with Crippen LogP contribution < -0.4 is 10.2 Å². The van der Waals surface area contributed by atoms with E-state index in [2.05, 4.69) is 27.3 Å². The molecule has 1 aromatic carbocycles. The number of nitrogens with one attached hydrogen (secondary N) is 1. The molecule has 0 radical (unpaired) electrons. The van der Waals surface area contributed by atoms with Crippen molar-refractivity contribution in [3.8, 4) is 0 Å². The third-order valence-electron chi connectivity index (χ3n) is 4.75.